The molecule has 11 nitrogen and oxygen atoms in total. The molecule has 0 aromatic heterocycles. The number of carboxylic acid groups (broad SMARTS) is 1. The second-order valence-electron chi connectivity index (χ2n) is 7.71. The molecular formula is C18H30N4O7. The van der Waals surface area contributed by atoms with Crippen LogP contribution in [0.15, 0.2) is 0 Å². The van der Waals surface area contributed by atoms with Gasteiger partial charge in [-0.3, -0.25) is 14.4 Å². The zero-order valence-electron chi connectivity index (χ0n) is 16.7. The predicted octanol–water partition coefficient (Wildman–Crippen LogP) is -2.37. The standard InChI is InChI=1S/C18H30N4O7/c1-9(23)13(19)15(25)20-14(10(2)24)17(27)21-7-3-5-11(21)16(26)22-8-4-6-12(22)18(28)29/h9-14,23-24H,3-8,19H2,1-2H3,(H,20,25)(H,28,29). The Bertz CT molecular complexity index is 654. The smallest absolute Gasteiger partial charge is 0.326 e. The number of aliphatic hydroxyl groups is 2. The quantitative estimate of drug-likeness (QED) is 0.307. The van der Waals surface area contributed by atoms with Crippen LogP contribution in [0.2, 0.25) is 0 Å². The van der Waals surface area contributed by atoms with Gasteiger partial charge in [-0.2, -0.15) is 0 Å². The summed E-state index contributed by atoms with van der Waals surface area (Å²) < 4.78 is 0. The molecule has 29 heavy (non-hydrogen) atoms. The number of nitrogens with two attached hydrogens (primary N) is 1. The number of aliphatic carboxylic acids is 1. The lowest BCUT2D eigenvalue weighted by atomic mass is 10.1. The van der Waals surface area contributed by atoms with Crippen LogP contribution in [0.1, 0.15) is 39.5 Å². The SMILES string of the molecule is CC(O)C(N)C(=O)NC(C(=O)N1CCCC1C(=O)N1CCCC1C(=O)O)C(C)O. The maximum atomic E-state index is 13.0. The minimum absolute atomic E-state index is 0.252. The molecule has 164 valence electrons. The molecule has 0 spiro atoms. The maximum absolute atomic E-state index is 13.0. The molecule has 0 aliphatic carbocycles. The molecule has 0 saturated carbocycles. The molecule has 6 N–H and O–H groups in total. The van der Waals surface area contributed by atoms with Crippen LogP contribution in [-0.2, 0) is 19.2 Å². The Labute approximate surface area is 168 Å². The molecule has 0 bridgehead atoms. The zero-order valence-corrected chi connectivity index (χ0v) is 16.7. The Morgan fingerprint density at radius 1 is 0.966 bits per heavy atom. The molecule has 6 atom stereocenters. The highest BCUT2D eigenvalue weighted by Gasteiger charge is 2.44. The van der Waals surface area contributed by atoms with Crippen molar-refractivity contribution >= 4 is 23.7 Å². The van der Waals surface area contributed by atoms with Gasteiger partial charge in [-0.1, -0.05) is 0 Å². The van der Waals surface area contributed by atoms with Gasteiger partial charge >= 0.3 is 5.97 Å². The lowest BCUT2D eigenvalue weighted by molar-refractivity contribution is -0.153. The highest BCUT2D eigenvalue weighted by molar-refractivity contribution is 5.95. The fourth-order valence-electron chi connectivity index (χ4n) is 3.80. The first-order chi connectivity index (χ1) is 13.6. The van der Waals surface area contributed by atoms with Crippen molar-refractivity contribution in [2.45, 2.75) is 75.9 Å². The van der Waals surface area contributed by atoms with Gasteiger partial charge in [-0.25, -0.2) is 4.79 Å². The van der Waals surface area contributed by atoms with Gasteiger partial charge < -0.3 is 36.2 Å². The van der Waals surface area contributed by atoms with Crippen molar-refractivity contribution in [3.05, 3.63) is 0 Å². The molecular weight excluding hydrogens is 384 g/mol. The van der Waals surface area contributed by atoms with Crippen LogP contribution >= 0.6 is 0 Å². The molecule has 2 heterocycles. The van der Waals surface area contributed by atoms with Crippen LogP contribution in [-0.4, -0.2) is 98.3 Å². The summed E-state index contributed by atoms with van der Waals surface area (Å²) in [6.07, 6.45) is -0.549. The summed E-state index contributed by atoms with van der Waals surface area (Å²) in [5, 5.41) is 31.1. The number of nitrogens with one attached hydrogen (secondary N) is 1. The molecule has 6 unspecified atom stereocenters. The van der Waals surface area contributed by atoms with Crippen molar-refractivity contribution in [1.29, 1.82) is 0 Å². The average molecular weight is 414 g/mol. The summed E-state index contributed by atoms with van der Waals surface area (Å²) >= 11 is 0. The summed E-state index contributed by atoms with van der Waals surface area (Å²) in [5.74, 6) is -2.95. The number of hydrogen-bond acceptors (Lipinski definition) is 7. The Morgan fingerprint density at radius 2 is 1.52 bits per heavy atom. The third kappa shape index (κ3) is 5.03. The molecule has 2 aliphatic heterocycles. The number of carbonyl (C=O) groups excluding carboxylic acids is 3. The summed E-state index contributed by atoms with van der Waals surface area (Å²) in [4.78, 5) is 52.1. The summed E-state index contributed by atoms with van der Waals surface area (Å²) in [6, 6.07) is -4.36. The number of aliphatic hydroxyl groups excluding tert-OH is 2. The second-order valence-corrected chi connectivity index (χ2v) is 7.71. The van der Waals surface area contributed by atoms with E-state index in [-0.39, 0.29) is 6.54 Å². The van der Waals surface area contributed by atoms with Gasteiger partial charge in [0.2, 0.25) is 17.7 Å². The molecule has 2 rings (SSSR count). The van der Waals surface area contributed by atoms with E-state index in [2.05, 4.69) is 5.32 Å². The monoisotopic (exact) mass is 414 g/mol. The predicted molar refractivity (Wildman–Crippen MR) is 100 cm³/mol. The first-order valence-electron chi connectivity index (χ1n) is 9.82. The number of amides is 3. The van der Waals surface area contributed by atoms with E-state index in [9.17, 15) is 34.5 Å². The lowest BCUT2D eigenvalue weighted by Gasteiger charge is -2.33. The first-order valence-corrected chi connectivity index (χ1v) is 9.82. The van der Waals surface area contributed by atoms with E-state index in [1.165, 1.54) is 23.6 Å². The lowest BCUT2D eigenvalue weighted by Crippen LogP contribution is -2.60. The fraction of sp³-hybridized carbons (Fsp3) is 0.778. The van der Waals surface area contributed by atoms with Crippen LogP contribution < -0.4 is 11.1 Å². The van der Waals surface area contributed by atoms with Crippen LogP contribution in [0.5, 0.6) is 0 Å². The highest BCUT2D eigenvalue weighted by atomic mass is 16.4. The van der Waals surface area contributed by atoms with Crippen LogP contribution in [0, 0.1) is 0 Å². The first kappa shape index (κ1) is 23.0. The van der Waals surface area contributed by atoms with Gasteiger partial charge in [-0.15, -0.1) is 0 Å². The van der Waals surface area contributed by atoms with Crippen LogP contribution in [0.25, 0.3) is 0 Å². The highest BCUT2D eigenvalue weighted by Crippen LogP contribution is 2.25. The summed E-state index contributed by atoms with van der Waals surface area (Å²) in [5.41, 5.74) is 5.58. The maximum Gasteiger partial charge on any atom is 0.326 e. The third-order valence-electron chi connectivity index (χ3n) is 5.51. The second kappa shape index (κ2) is 9.51. The van der Waals surface area contributed by atoms with Crippen molar-refractivity contribution in [3.63, 3.8) is 0 Å². The van der Waals surface area contributed by atoms with Gasteiger partial charge in [-0.05, 0) is 39.5 Å². The molecule has 0 aromatic carbocycles. The van der Waals surface area contributed by atoms with Gasteiger partial charge in [0.15, 0.2) is 0 Å². The zero-order chi connectivity index (χ0) is 21.9. The molecule has 0 aromatic rings. The van der Waals surface area contributed by atoms with E-state index in [0.29, 0.717) is 32.2 Å². The largest absolute Gasteiger partial charge is 0.480 e. The van der Waals surface area contributed by atoms with Crippen LogP contribution in [0.3, 0.4) is 0 Å². The van der Waals surface area contributed by atoms with Crippen molar-refractivity contribution in [1.82, 2.24) is 15.1 Å². The Hall–Kier alpha value is -2.24. The van der Waals surface area contributed by atoms with E-state index >= 15 is 0 Å². The molecule has 2 fully saturated rings. The van der Waals surface area contributed by atoms with E-state index in [1.54, 1.807) is 0 Å². The van der Waals surface area contributed by atoms with Crippen molar-refractivity contribution < 1.29 is 34.5 Å². The fourth-order valence-corrected chi connectivity index (χ4v) is 3.80. The van der Waals surface area contributed by atoms with E-state index in [4.69, 9.17) is 5.73 Å². The number of nitrogens with zero attached hydrogens (tertiary/aromatic N) is 2. The van der Waals surface area contributed by atoms with Crippen molar-refractivity contribution in [2.75, 3.05) is 13.1 Å². The molecule has 2 aliphatic rings. The Morgan fingerprint density at radius 3 is 2.03 bits per heavy atom. The number of rotatable bonds is 7. The average Bonchev–Trinajstić information content (AvgIpc) is 3.33. The molecule has 2 saturated heterocycles. The minimum atomic E-state index is -1.34. The number of carbonyl (C=O) groups is 4. The van der Waals surface area contributed by atoms with E-state index in [1.807, 2.05) is 0 Å². The van der Waals surface area contributed by atoms with E-state index in [0.717, 1.165) is 0 Å². The van der Waals surface area contributed by atoms with Gasteiger partial charge in [0, 0.05) is 13.1 Å². The normalized spacial score (nSPS) is 26.0. The van der Waals surface area contributed by atoms with Crippen molar-refractivity contribution in [3.8, 4) is 0 Å². The Kier molecular flexibility index (Phi) is 7.55. The molecule has 0 radical (unpaired) electrons. The minimum Gasteiger partial charge on any atom is -0.480 e. The van der Waals surface area contributed by atoms with Crippen LogP contribution in [0.4, 0.5) is 0 Å². The summed E-state index contributed by atoms with van der Waals surface area (Å²) in [7, 11) is 0. The topological polar surface area (TPSA) is 173 Å². The van der Waals surface area contributed by atoms with Gasteiger partial charge in [0.05, 0.1) is 12.2 Å². The number of carboxylic acids is 1. The van der Waals surface area contributed by atoms with Crippen molar-refractivity contribution in [2.24, 2.45) is 5.73 Å². The third-order valence-corrected chi connectivity index (χ3v) is 5.51. The molecule has 3 amide bonds. The molecule has 11 heteroatoms. The summed E-state index contributed by atoms with van der Waals surface area (Å²) in [6.45, 7) is 3.22. The van der Waals surface area contributed by atoms with Gasteiger partial charge in [0.25, 0.3) is 0 Å². The Balaban J connectivity index is 2.15. The van der Waals surface area contributed by atoms with E-state index < -0.39 is 60.1 Å². The number of hydrogen-bond donors (Lipinski definition) is 5. The van der Waals surface area contributed by atoms with Gasteiger partial charge in [0.1, 0.15) is 24.2 Å². The number of likely N-dealkylation sites (tertiary alicyclic amines) is 2.